The third-order valence-corrected chi connectivity index (χ3v) is 4.32. The van der Waals surface area contributed by atoms with E-state index in [1.54, 1.807) is 7.11 Å². The van der Waals surface area contributed by atoms with Crippen molar-refractivity contribution in [1.29, 1.82) is 0 Å². The van der Waals surface area contributed by atoms with Crippen LogP contribution in [0.4, 0.5) is 0 Å². The van der Waals surface area contributed by atoms with Gasteiger partial charge in [0.15, 0.2) is 0 Å². The minimum Gasteiger partial charge on any atom is -0.379 e. The highest BCUT2D eigenvalue weighted by atomic mass is 35.5. The van der Waals surface area contributed by atoms with Gasteiger partial charge in [0.1, 0.15) is 0 Å². The molecule has 0 bridgehead atoms. The summed E-state index contributed by atoms with van der Waals surface area (Å²) < 4.78 is 5.37. The summed E-state index contributed by atoms with van der Waals surface area (Å²) in [6.07, 6.45) is 1.40. The molecule has 1 heterocycles. The first-order chi connectivity index (χ1) is 8.43. The smallest absolute Gasteiger partial charge is 0.221 e. The molecule has 0 aromatic carbocycles. The van der Waals surface area contributed by atoms with E-state index in [1.807, 2.05) is 32.5 Å². The van der Waals surface area contributed by atoms with Gasteiger partial charge in [-0.15, -0.1) is 12.4 Å². The Morgan fingerprint density at radius 1 is 1.58 bits per heavy atom. The van der Waals surface area contributed by atoms with Gasteiger partial charge in [-0.05, 0) is 27.2 Å². The van der Waals surface area contributed by atoms with E-state index in [9.17, 15) is 4.79 Å². The van der Waals surface area contributed by atoms with Crippen molar-refractivity contribution in [2.75, 3.05) is 25.2 Å². The van der Waals surface area contributed by atoms with Crippen molar-refractivity contribution in [3.63, 3.8) is 0 Å². The number of carbonyl (C=O) groups is 1. The zero-order valence-corrected chi connectivity index (χ0v) is 14.0. The first kappa shape index (κ1) is 19.0. The van der Waals surface area contributed by atoms with Crippen LogP contribution < -0.4 is 10.6 Å². The van der Waals surface area contributed by atoms with E-state index in [0.29, 0.717) is 12.5 Å². The fourth-order valence-electron chi connectivity index (χ4n) is 2.18. The summed E-state index contributed by atoms with van der Waals surface area (Å²) >= 11 is 1.92. The second-order valence-electron chi connectivity index (χ2n) is 5.57. The van der Waals surface area contributed by atoms with Gasteiger partial charge in [0.05, 0.1) is 5.60 Å². The summed E-state index contributed by atoms with van der Waals surface area (Å²) in [5.74, 6) is 2.32. The number of halogens is 1. The van der Waals surface area contributed by atoms with Crippen LogP contribution in [-0.2, 0) is 9.53 Å². The molecule has 1 aliphatic rings. The molecule has 2 atom stereocenters. The molecular weight excluding hydrogens is 284 g/mol. The largest absolute Gasteiger partial charge is 0.379 e. The summed E-state index contributed by atoms with van der Waals surface area (Å²) in [5.41, 5.74) is -0.189. The van der Waals surface area contributed by atoms with Gasteiger partial charge in [-0.2, -0.15) is 11.8 Å². The summed E-state index contributed by atoms with van der Waals surface area (Å²) in [6, 6.07) is 0.468. The fourth-order valence-corrected chi connectivity index (χ4v) is 3.13. The van der Waals surface area contributed by atoms with Crippen molar-refractivity contribution in [1.82, 2.24) is 10.6 Å². The summed E-state index contributed by atoms with van der Waals surface area (Å²) in [4.78, 5) is 11.9. The van der Waals surface area contributed by atoms with Crippen LogP contribution in [0.3, 0.4) is 0 Å². The summed E-state index contributed by atoms with van der Waals surface area (Å²) in [6.45, 7) is 7.11. The van der Waals surface area contributed by atoms with Crippen molar-refractivity contribution < 1.29 is 9.53 Å². The molecule has 0 aliphatic carbocycles. The van der Waals surface area contributed by atoms with E-state index in [1.165, 1.54) is 0 Å². The molecule has 4 nitrogen and oxygen atoms in total. The van der Waals surface area contributed by atoms with E-state index < -0.39 is 0 Å². The normalized spacial score (nSPS) is 21.4. The van der Waals surface area contributed by atoms with Crippen molar-refractivity contribution in [2.45, 2.75) is 51.3 Å². The maximum atomic E-state index is 11.9. The Morgan fingerprint density at radius 2 is 2.26 bits per heavy atom. The van der Waals surface area contributed by atoms with Crippen LogP contribution >= 0.6 is 24.2 Å². The van der Waals surface area contributed by atoms with Gasteiger partial charge >= 0.3 is 0 Å². The van der Waals surface area contributed by atoms with Gasteiger partial charge in [0, 0.05) is 43.7 Å². The number of rotatable bonds is 6. The van der Waals surface area contributed by atoms with E-state index in [4.69, 9.17) is 4.74 Å². The molecule has 1 fully saturated rings. The average molecular weight is 311 g/mol. The minimum atomic E-state index is -0.189. The van der Waals surface area contributed by atoms with Crippen LogP contribution in [-0.4, -0.2) is 48.8 Å². The quantitative estimate of drug-likeness (QED) is 0.786. The maximum absolute atomic E-state index is 11.9. The third-order valence-electron chi connectivity index (χ3n) is 3.19. The predicted molar refractivity (Wildman–Crippen MR) is 84.3 cm³/mol. The molecule has 0 aromatic rings. The molecule has 1 amide bonds. The third kappa shape index (κ3) is 8.02. The second-order valence-corrected chi connectivity index (χ2v) is 6.72. The summed E-state index contributed by atoms with van der Waals surface area (Å²) in [7, 11) is 1.71. The number of hydrogen-bond donors (Lipinski definition) is 2. The standard InChI is InChI=1S/C13H26N2O2S.ClH/c1-10(8-13(2,3)17-4)15-12(16)7-11-9-18-6-5-14-11;/h10-11,14H,5-9H2,1-4H3,(H,15,16);1H. The van der Waals surface area contributed by atoms with Gasteiger partial charge in [-0.1, -0.05) is 0 Å². The van der Waals surface area contributed by atoms with Crippen LogP contribution in [0.5, 0.6) is 0 Å². The number of carbonyl (C=O) groups excluding carboxylic acids is 1. The molecule has 0 aromatic heterocycles. The van der Waals surface area contributed by atoms with Gasteiger partial charge in [0.25, 0.3) is 0 Å². The highest BCUT2D eigenvalue weighted by molar-refractivity contribution is 7.99. The highest BCUT2D eigenvalue weighted by Gasteiger charge is 2.22. The van der Waals surface area contributed by atoms with Crippen LogP contribution in [0.25, 0.3) is 0 Å². The fraction of sp³-hybridized carbons (Fsp3) is 0.923. The maximum Gasteiger partial charge on any atom is 0.221 e. The lowest BCUT2D eigenvalue weighted by Crippen LogP contribution is -2.44. The van der Waals surface area contributed by atoms with Gasteiger partial charge in [-0.25, -0.2) is 0 Å². The highest BCUT2D eigenvalue weighted by Crippen LogP contribution is 2.16. The number of nitrogens with one attached hydrogen (secondary N) is 2. The number of ether oxygens (including phenoxy) is 1. The topological polar surface area (TPSA) is 50.4 Å². The Kier molecular flexibility index (Phi) is 9.07. The number of methoxy groups -OCH3 is 1. The molecule has 1 saturated heterocycles. The van der Waals surface area contributed by atoms with Crippen molar-refractivity contribution in [3.8, 4) is 0 Å². The summed E-state index contributed by atoms with van der Waals surface area (Å²) in [5, 5.41) is 6.43. The monoisotopic (exact) mass is 310 g/mol. The zero-order valence-electron chi connectivity index (χ0n) is 12.3. The van der Waals surface area contributed by atoms with Crippen LogP contribution in [0.2, 0.25) is 0 Å². The lowest BCUT2D eigenvalue weighted by molar-refractivity contribution is -0.122. The Hall–Kier alpha value is 0.0300. The van der Waals surface area contributed by atoms with Crippen molar-refractivity contribution in [2.24, 2.45) is 0 Å². The van der Waals surface area contributed by atoms with Crippen LogP contribution in [0, 0.1) is 0 Å². The van der Waals surface area contributed by atoms with E-state index in [2.05, 4.69) is 10.6 Å². The average Bonchev–Trinajstić information content (AvgIpc) is 2.29. The van der Waals surface area contributed by atoms with E-state index >= 15 is 0 Å². The van der Waals surface area contributed by atoms with Crippen LogP contribution in [0.1, 0.15) is 33.6 Å². The van der Waals surface area contributed by atoms with Gasteiger partial charge in [-0.3, -0.25) is 4.79 Å². The molecule has 0 saturated carbocycles. The SMILES string of the molecule is COC(C)(C)CC(C)NC(=O)CC1CSCCN1.Cl. The molecule has 6 heteroatoms. The van der Waals surface area contributed by atoms with Gasteiger partial charge < -0.3 is 15.4 Å². The molecule has 2 N–H and O–H groups in total. The number of hydrogen-bond acceptors (Lipinski definition) is 4. The molecular formula is C13H27ClN2O2S. The Balaban J connectivity index is 0.00000324. The Morgan fingerprint density at radius 3 is 2.79 bits per heavy atom. The molecule has 0 spiro atoms. The molecule has 1 rings (SSSR count). The second kappa shape index (κ2) is 9.06. The van der Waals surface area contributed by atoms with E-state index in [-0.39, 0.29) is 30.0 Å². The number of amides is 1. The lowest BCUT2D eigenvalue weighted by Gasteiger charge is -2.28. The molecule has 2 unspecified atom stereocenters. The number of thioether (sulfide) groups is 1. The molecule has 0 radical (unpaired) electrons. The first-order valence-corrected chi connectivity index (χ1v) is 7.74. The predicted octanol–water partition coefficient (Wildman–Crippen LogP) is 1.82. The molecule has 1 aliphatic heterocycles. The lowest BCUT2D eigenvalue weighted by atomic mass is 9.99. The first-order valence-electron chi connectivity index (χ1n) is 6.58. The molecule has 19 heavy (non-hydrogen) atoms. The van der Waals surface area contributed by atoms with Crippen LogP contribution in [0.15, 0.2) is 0 Å². The van der Waals surface area contributed by atoms with E-state index in [0.717, 1.165) is 24.5 Å². The molecule has 114 valence electrons. The van der Waals surface area contributed by atoms with Gasteiger partial charge in [0.2, 0.25) is 5.91 Å². The minimum absolute atomic E-state index is 0. The zero-order chi connectivity index (χ0) is 13.6. The Labute approximate surface area is 127 Å². The Bertz CT molecular complexity index is 271. The van der Waals surface area contributed by atoms with Crippen molar-refractivity contribution in [3.05, 3.63) is 0 Å². The van der Waals surface area contributed by atoms with Crippen molar-refractivity contribution >= 4 is 30.1 Å².